The van der Waals surface area contributed by atoms with Crippen LogP contribution in [0.4, 0.5) is 0 Å². The molecule has 1 radical (unpaired) electrons. The van der Waals surface area contributed by atoms with Crippen molar-refractivity contribution in [2.45, 2.75) is 6.42 Å². The minimum atomic E-state index is -3.56. The molecule has 0 saturated heterocycles. The molecule has 0 aromatic rings. The van der Waals surface area contributed by atoms with Crippen LogP contribution in [0, 0.1) is 6.29 Å². The Labute approximate surface area is 53.2 Å². The average Bonchev–Trinajstić information content (AvgIpc) is 1.59. The van der Waals surface area contributed by atoms with Crippen LogP contribution in [0.3, 0.4) is 0 Å². The van der Waals surface area contributed by atoms with Gasteiger partial charge in [-0.1, -0.05) is 0 Å². The Hall–Kier alpha value is -0.170. The largest absolute Gasteiger partial charge is 0.361 e. The highest BCUT2D eigenvalue weighted by Gasteiger charge is 2.06. The zero-order valence-electron chi connectivity index (χ0n) is 4.61. The van der Waals surface area contributed by atoms with E-state index in [0.29, 0.717) is 0 Å². The van der Waals surface area contributed by atoms with Crippen molar-refractivity contribution in [3.8, 4) is 0 Å². The maximum atomic E-state index is 10.1. The van der Waals surface area contributed by atoms with Crippen molar-refractivity contribution in [2.24, 2.45) is 5.14 Å². The van der Waals surface area contributed by atoms with Gasteiger partial charge in [-0.3, -0.25) is 0 Å². The molecule has 0 fully saturated rings. The van der Waals surface area contributed by atoms with Gasteiger partial charge in [-0.15, -0.1) is 0 Å². The smallest absolute Gasteiger partial charge is 0.219 e. The van der Waals surface area contributed by atoms with Crippen LogP contribution in [0.1, 0.15) is 6.42 Å². The summed E-state index contributed by atoms with van der Waals surface area (Å²) in [5.41, 5.74) is 0. The zero-order valence-corrected chi connectivity index (χ0v) is 5.43. The van der Waals surface area contributed by atoms with Gasteiger partial charge in [0, 0.05) is 6.42 Å². The lowest BCUT2D eigenvalue weighted by Crippen LogP contribution is -2.18. The van der Waals surface area contributed by atoms with E-state index in [1.807, 2.05) is 0 Å². The molecule has 5 nitrogen and oxygen atoms in total. The Morgan fingerprint density at radius 1 is 1.44 bits per heavy atom. The fraction of sp³-hybridized carbons (Fsp3) is 0.667. The van der Waals surface area contributed by atoms with E-state index in [4.69, 9.17) is 10.2 Å². The van der Waals surface area contributed by atoms with Gasteiger partial charge in [-0.25, -0.2) is 13.6 Å². The molecule has 0 amide bonds. The van der Waals surface area contributed by atoms with Gasteiger partial charge in [0.05, 0.1) is 5.75 Å². The first kappa shape index (κ1) is 8.83. The Bertz CT molecular complexity index is 161. The molecule has 0 unspecified atom stereocenters. The predicted octanol–water partition coefficient (Wildman–Crippen LogP) is -1.10. The van der Waals surface area contributed by atoms with E-state index in [9.17, 15) is 8.42 Å². The summed E-state index contributed by atoms with van der Waals surface area (Å²) in [6.45, 7) is 0. The first-order valence-corrected chi connectivity index (χ1v) is 3.87. The van der Waals surface area contributed by atoms with Crippen LogP contribution in [0.2, 0.25) is 0 Å². The molecule has 0 saturated carbocycles. The Morgan fingerprint density at radius 2 is 1.89 bits per heavy atom. The number of primary sulfonamides is 1. The number of hydrogen-bond acceptors (Lipinski definition) is 4. The molecule has 0 heterocycles. The van der Waals surface area contributed by atoms with E-state index in [2.05, 4.69) is 5.14 Å². The van der Waals surface area contributed by atoms with Gasteiger partial charge in [0.25, 0.3) is 0 Å². The molecule has 9 heavy (non-hydrogen) atoms. The van der Waals surface area contributed by atoms with Crippen molar-refractivity contribution >= 4 is 10.0 Å². The summed E-state index contributed by atoms with van der Waals surface area (Å²) >= 11 is 0. The van der Waals surface area contributed by atoms with Crippen molar-refractivity contribution in [1.82, 2.24) is 0 Å². The van der Waals surface area contributed by atoms with E-state index >= 15 is 0 Å². The Balaban J connectivity index is 3.53. The number of sulfonamides is 1. The molecule has 6 heteroatoms. The van der Waals surface area contributed by atoms with E-state index < -0.39 is 22.1 Å². The lowest BCUT2D eigenvalue weighted by Gasteiger charge is -1.97. The van der Waals surface area contributed by atoms with Crippen molar-refractivity contribution in [1.29, 1.82) is 0 Å². The number of aliphatic hydroxyl groups excluding tert-OH is 1. The number of rotatable bonds is 3. The molecular formula is C3H8NO4S. The van der Waals surface area contributed by atoms with E-state index in [0.717, 1.165) is 0 Å². The summed E-state index contributed by atoms with van der Waals surface area (Å²) in [6, 6.07) is 0. The summed E-state index contributed by atoms with van der Waals surface area (Å²) < 4.78 is 20.2. The Morgan fingerprint density at radius 3 is 2.00 bits per heavy atom. The highest BCUT2D eigenvalue weighted by Crippen LogP contribution is 1.95. The van der Waals surface area contributed by atoms with Gasteiger partial charge in [0.2, 0.25) is 16.3 Å². The highest BCUT2D eigenvalue weighted by molar-refractivity contribution is 7.89. The van der Waals surface area contributed by atoms with Crippen molar-refractivity contribution in [3.05, 3.63) is 6.29 Å². The predicted molar refractivity (Wildman–Crippen MR) is 29.7 cm³/mol. The summed E-state index contributed by atoms with van der Waals surface area (Å²) in [4.78, 5) is 0. The van der Waals surface area contributed by atoms with Crippen LogP contribution in [0.5, 0.6) is 0 Å². The van der Waals surface area contributed by atoms with E-state index in [1.54, 1.807) is 0 Å². The fourth-order valence-electron chi connectivity index (χ4n) is 0.234. The summed E-state index contributed by atoms with van der Waals surface area (Å²) in [5.74, 6) is -0.435. The van der Waals surface area contributed by atoms with Crippen molar-refractivity contribution in [2.75, 3.05) is 5.75 Å². The summed E-state index contributed by atoms with van der Waals surface area (Å²) in [5, 5.41) is 20.7. The molecule has 55 valence electrons. The van der Waals surface area contributed by atoms with E-state index in [-0.39, 0.29) is 6.42 Å². The number of nitrogens with two attached hydrogens (primary N) is 1. The van der Waals surface area contributed by atoms with Crippen LogP contribution < -0.4 is 5.14 Å². The monoisotopic (exact) mass is 154 g/mol. The van der Waals surface area contributed by atoms with Crippen LogP contribution in [0.15, 0.2) is 0 Å². The molecule has 0 aromatic heterocycles. The van der Waals surface area contributed by atoms with Crippen LogP contribution in [-0.4, -0.2) is 24.4 Å². The molecule has 0 aliphatic carbocycles. The van der Waals surface area contributed by atoms with Crippen molar-refractivity contribution < 1.29 is 18.6 Å². The maximum absolute atomic E-state index is 10.1. The lowest BCUT2D eigenvalue weighted by molar-refractivity contribution is 0.0769. The second-order valence-corrected chi connectivity index (χ2v) is 3.27. The molecular weight excluding hydrogens is 146 g/mol. The summed E-state index contributed by atoms with van der Waals surface area (Å²) in [6.07, 6.45) is -1.23. The molecule has 4 N–H and O–H groups in total. The second kappa shape index (κ2) is 3.11. The van der Waals surface area contributed by atoms with Gasteiger partial charge in [0.15, 0.2) is 0 Å². The molecule has 0 aromatic carbocycles. The molecule has 0 aliphatic heterocycles. The normalized spacial score (nSPS) is 12.4. The van der Waals surface area contributed by atoms with Crippen LogP contribution in [-0.2, 0) is 10.0 Å². The fourth-order valence-corrected chi connectivity index (χ4v) is 0.701. The third kappa shape index (κ3) is 7.83. The topological polar surface area (TPSA) is 101 Å². The molecule has 0 rings (SSSR count). The van der Waals surface area contributed by atoms with Crippen LogP contribution in [0.25, 0.3) is 0 Å². The molecule has 0 aliphatic rings. The minimum absolute atomic E-state index is 0.321. The highest BCUT2D eigenvalue weighted by atomic mass is 32.2. The minimum Gasteiger partial charge on any atom is -0.361 e. The SMILES string of the molecule is NS(=O)(=O)CC[C](O)O. The standard InChI is InChI=1S/C3H8NO4S/c4-9(7,8)2-1-3(5)6/h5-6H,1-2H2,(H2,4,7,8). The van der Waals surface area contributed by atoms with Gasteiger partial charge in [0.1, 0.15) is 0 Å². The maximum Gasteiger partial charge on any atom is 0.219 e. The summed E-state index contributed by atoms with van der Waals surface area (Å²) in [7, 11) is -3.56. The Kier molecular flexibility index (Phi) is 3.06. The first-order chi connectivity index (χ1) is 3.92. The van der Waals surface area contributed by atoms with E-state index in [1.165, 1.54) is 0 Å². The van der Waals surface area contributed by atoms with Gasteiger partial charge in [-0.05, 0) is 0 Å². The molecule has 0 atom stereocenters. The van der Waals surface area contributed by atoms with Crippen molar-refractivity contribution in [3.63, 3.8) is 0 Å². The first-order valence-electron chi connectivity index (χ1n) is 2.16. The van der Waals surface area contributed by atoms with Gasteiger partial charge < -0.3 is 10.2 Å². The average molecular weight is 154 g/mol. The lowest BCUT2D eigenvalue weighted by atomic mass is 10.5. The quantitative estimate of drug-likeness (QED) is 0.480. The molecule has 0 spiro atoms. The van der Waals surface area contributed by atoms with Crippen LogP contribution >= 0.6 is 0 Å². The number of aliphatic hydroxyl groups is 2. The second-order valence-electron chi connectivity index (χ2n) is 1.53. The van der Waals surface area contributed by atoms with Gasteiger partial charge in [-0.2, -0.15) is 0 Å². The molecule has 0 bridgehead atoms. The zero-order chi connectivity index (χ0) is 7.49. The number of hydrogen-bond donors (Lipinski definition) is 3. The van der Waals surface area contributed by atoms with Gasteiger partial charge >= 0.3 is 0 Å². The third-order valence-corrected chi connectivity index (χ3v) is 1.38. The third-order valence-electron chi connectivity index (χ3n) is 0.610.